The van der Waals surface area contributed by atoms with E-state index in [2.05, 4.69) is 32.2 Å². The van der Waals surface area contributed by atoms with Crippen molar-refractivity contribution in [1.29, 1.82) is 0 Å². The first kappa shape index (κ1) is 87.6. The molecule has 0 bridgehead atoms. The van der Waals surface area contributed by atoms with Crippen LogP contribution in [-0.2, 0) is 91.1 Å². The molecule has 7 amide bonds. The standard InChI is InChI=1S/C84H116N10O16/c1-22-41-107-67-36-39-92(75(101)61(82(10,11)12)47-66(96)52(3)91(20)79(105)110-84(16,17)18)70(67)73(99)86-62(44-53-31-33-55-27-23-25-29-57(55)42-53)72(98)85-38-35-64(78(104)109-83(13,14)15)94-49-59(88-89-94)50-108-68-37-40-93(76(102)60(81(7,8)9)46-65(95)51(2)90(19)69(97)48-80(4,5)6)71(68)74(100)87-63(77(103)106-21)45-54-32-34-56-28-24-26-30-58(56)43-54/h1,23-34,42-43,49,51-52,60-64,67-68,70-71H,35-41,44-48,50H2,2-21H3,(H,85,98)(H,86,99)(H,87,100)/t51-,52-,60+,61+,62-,63-,64-,67-,68-,70-,71-/m0/s1. The molecule has 0 radical (unpaired) electrons. The van der Waals surface area contributed by atoms with Crippen molar-refractivity contribution < 1.29 is 76.4 Å². The second-order valence-corrected chi connectivity index (χ2v) is 34.5. The summed E-state index contributed by atoms with van der Waals surface area (Å²) in [7, 11) is 4.23. The van der Waals surface area contributed by atoms with Crippen LogP contribution in [0, 0.1) is 40.4 Å². The maximum Gasteiger partial charge on any atom is 0.410 e. The van der Waals surface area contributed by atoms with Crippen molar-refractivity contribution in [2.24, 2.45) is 28.1 Å². The van der Waals surface area contributed by atoms with Gasteiger partial charge >= 0.3 is 18.0 Å². The molecule has 5 aromatic rings. The fourth-order valence-corrected chi connectivity index (χ4v) is 13.7. The number of likely N-dealkylation sites (tertiary alicyclic amines) is 2. The summed E-state index contributed by atoms with van der Waals surface area (Å²) in [6.45, 7) is 29.4. The molecule has 3 N–H and O–H groups in total. The number of likely N-dealkylation sites (N-methyl/N-ethyl adjacent to an activating group) is 2. The molecule has 26 heteroatoms. The normalized spacial score (nSPS) is 18.2. The highest BCUT2D eigenvalue weighted by Gasteiger charge is 2.50. The Hall–Kier alpha value is -9.61. The summed E-state index contributed by atoms with van der Waals surface area (Å²) in [6, 6.07) is 18.4. The third-order valence-electron chi connectivity index (χ3n) is 20.2. The molecule has 110 heavy (non-hydrogen) atoms. The van der Waals surface area contributed by atoms with Crippen LogP contribution in [0.4, 0.5) is 4.79 Å². The summed E-state index contributed by atoms with van der Waals surface area (Å²) in [5.74, 6) is -5.13. The average molecular weight is 1520 g/mol. The summed E-state index contributed by atoms with van der Waals surface area (Å²) in [4.78, 5) is 164. The van der Waals surface area contributed by atoms with Gasteiger partial charge in [0.15, 0.2) is 17.6 Å². The molecular weight excluding hydrogens is 1400 g/mol. The van der Waals surface area contributed by atoms with Gasteiger partial charge in [0.2, 0.25) is 35.4 Å². The zero-order valence-corrected chi connectivity index (χ0v) is 67.9. The van der Waals surface area contributed by atoms with E-state index in [-0.39, 0.29) is 107 Å². The van der Waals surface area contributed by atoms with Crippen LogP contribution in [0.15, 0.2) is 91.1 Å². The number of ether oxygens (including phenoxy) is 5. The molecule has 2 aliphatic heterocycles. The number of nitrogens with one attached hydrogen (secondary N) is 3. The van der Waals surface area contributed by atoms with E-state index in [0.717, 1.165) is 27.1 Å². The molecule has 2 fully saturated rings. The summed E-state index contributed by atoms with van der Waals surface area (Å²) in [5, 5.41) is 21.2. The summed E-state index contributed by atoms with van der Waals surface area (Å²) < 4.78 is 30.6. The molecule has 2 saturated heterocycles. The number of hydrogen-bond donors (Lipinski definition) is 3. The molecule has 0 aliphatic carbocycles. The van der Waals surface area contributed by atoms with Gasteiger partial charge in [-0.25, -0.2) is 19.1 Å². The molecule has 0 saturated carbocycles. The van der Waals surface area contributed by atoms with E-state index in [9.17, 15) is 33.6 Å². The van der Waals surface area contributed by atoms with Gasteiger partial charge in [-0.15, -0.1) is 11.5 Å². The second-order valence-electron chi connectivity index (χ2n) is 34.5. The van der Waals surface area contributed by atoms with E-state index in [4.69, 9.17) is 30.1 Å². The number of carbonyl (C=O) groups is 11. The molecule has 11 atom stereocenters. The second kappa shape index (κ2) is 36.9. The first-order valence-electron chi connectivity index (χ1n) is 37.9. The van der Waals surface area contributed by atoms with Crippen molar-refractivity contribution in [2.75, 3.05) is 47.4 Å². The highest BCUT2D eigenvalue weighted by molar-refractivity contribution is 5.98. The molecule has 598 valence electrons. The van der Waals surface area contributed by atoms with Gasteiger partial charge in [0.1, 0.15) is 47.7 Å². The number of methoxy groups -OCH3 is 1. The Morgan fingerprint density at radius 2 is 1.06 bits per heavy atom. The fraction of sp³-hybridized carbons (Fsp3) is 0.583. The largest absolute Gasteiger partial charge is 0.467 e. The van der Waals surface area contributed by atoms with Crippen LogP contribution in [0.5, 0.6) is 0 Å². The molecule has 7 rings (SSSR count). The minimum Gasteiger partial charge on any atom is -0.467 e. The highest BCUT2D eigenvalue weighted by Crippen LogP contribution is 2.38. The summed E-state index contributed by atoms with van der Waals surface area (Å²) in [5.41, 5.74) is -2.28. The Labute approximate surface area is 647 Å². The van der Waals surface area contributed by atoms with E-state index in [1.54, 1.807) is 62.4 Å². The third kappa shape index (κ3) is 24.0. The minimum atomic E-state index is -1.37. The molecule has 4 aromatic carbocycles. The van der Waals surface area contributed by atoms with Crippen molar-refractivity contribution in [3.05, 3.63) is 108 Å². The van der Waals surface area contributed by atoms with Crippen LogP contribution < -0.4 is 16.0 Å². The topological polar surface area (TPSA) is 314 Å². The van der Waals surface area contributed by atoms with Gasteiger partial charge in [-0.3, -0.25) is 38.4 Å². The van der Waals surface area contributed by atoms with E-state index in [1.807, 2.05) is 147 Å². The fourth-order valence-electron chi connectivity index (χ4n) is 13.7. The number of rotatable bonds is 31. The van der Waals surface area contributed by atoms with Gasteiger partial charge in [0, 0.05) is 77.7 Å². The van der Waals surface area contributed by atoms with Crippen molar-refractivity contribution in [2.45, 2.75) is 241 Å². The number of ketones is 2. The van der Waals surface area contributed by atoms with E-state index in [1.165, 1.54) is 44.6 Å². The van der Waals surface area contributed by atoms with Gasteiger partial charge in [0.25, 0.3) is 0 Å². The molecule has 3 heterocycles. The Bertz CT molecular complexity index is 4190. The Morgan fingerprint density at radius 3 is 1.53 bits per heavy atom. The zero-order valence-electron chi connectivity index (χ0n) is 67.9. The highest BCUT2D eigenvalue weighted by atomic mass is 16.6. The van der Waals surface area contributed by atoms with Gasteiger partial charge in [0.05, 0.1) is 44.2 Å². The third-order valence-corrected chi connectivity index (χ3v) is 20.2. The van der Waals surface area contributed by atoms with Gasteiger partial charge in [-0.1, -0.05) is 158 Å². The molecule has 0 unspecified atom stereocenters. The number of esters is 2. The molecule has 0 spiro atoms. The zero-order chi connectivity index (χ0) is 81.7. The Morgan fingerprint density at radius 1 is 0.600 bits per heavy atom. The molecule has 1 aromatic heterocycles. The monoisotopic (exact) mass is 1520 g/mol. The predicted molar refractivity (Wildman–Crippen MR) is 416 cm³/mol. The van der Waals surface area contributed by atoms with Crippen LogP contribution >= 0.6 is 0 Å². The summed E-state index contributed by atoms with van der Waals surface area (Å²) >= 11 is 0. The lowest BCUT2D eigenvalue weighted by molar-refractivity contribution is -0.160. The van der Waals surface area contributed by atoms with Crippen molar-refractivity contribution in [3.63, 3.8) is 0 Å². The number of hydrogen-bond acceptors (Lipinski definition) is 18. The van der Waals surface area contributed by atoms with Crippen LogP contribution in [0.25, 0.3) is 21.5 Å². The first-order valence-corrected chi connectivity index (χ1v) is 37.9. The smallest absolute Gasteiger partial charge is 0.410 e. The van der Waals surface area contributed by atoms with Crippen molar-refractivity contribution in [3.8, 4) is 12.3 Å². The predicted octanol–water partition coefficient (Wildman–Crippen LogP) is 9.49. The molecule has 26 nitrogen and oxygen atoms in total. The van der Waals surface area contributed by atoms with Gasteiger partial charge in [-0.05, 0) is 124 Å². The van der Waals surface area contributed by atoms with E-state index in [0.29, 0.717) is 5.56 Å². The maximum absolute atomic E-state index is 15.3. The first-order chi connectivity index (χ1) is 51.3. The van der Waals surface area contributed by atoms with Crippen LogP contribution in [0.2, 0.25) is 0 Å². The van der Waals surface area contributed by atoms with Gasteiger partial charge in [-0.2, -0.15) is 0 Å². The van der Waals surface area contributed by atoms with E-state index >= 15 is 19.2 Å². The summed E-state index contributed by atoms with van der Waals surface area (Å²) in [6.07, 6.45) is 4.29. The maximum atomic E-state index is 15.3. The number of fused-ring (bicyclic) bond motifs is 2. The lowest BCUT2D eigenvalue weighted by Gasteiger charge is -2.37. The molecular formula is C84H116N10O16. The average Bonchev–Trinajstić information content (AvgIpc) is 1.64. The van der Waals surface area contributed by atoms with Crippen LogP contribution in [0.3, 0.4) is 0 Å². The minimum absolute atomic E-state index is 0.00127. The van der Waals surface area contributed by atoms with Crippen LogP contribution in [-0.4, -0.2) is 207 Å². The van der Waals surface area contributed by atoms with Crippen molar-refractivity contribution >= 4 is 86.6 Å². The number of aromatic nitrogens is 3. The number of nitrogens with zero attached hydrogens (tertiary/aromatic N) is 7. The number of carbonyl (C=O) groups excluding carboxylic acids is 11. The lowest BCUT2D eigenvalue weighted by Crippen LogP contribution is -2.58. The molecule has 2 aliphatic rings. The van der Waals surface area contributed by atoms with E-state index < -0.39 is 142 Å². The number of Topliss-reactive ketones (excluding diaryl/α,β-unsaturated/α-hetero) is 2. The number of amides is 7. The van der Waals surface area contributed by atoms with Gasteiger partial charge < -0.3 is 59.2 Å². The quantitative estimate of drug-likeness (QED) is 0.0211. The Kier molecular flexibility index (Phi) is 29.4. The number of benzene rings is 4. The van der Waals surface area contributed by atoms with Crippen molar-refractivity contribution in [1.82, 2.24) is 50.5 Å². The lowest BCUT2D eigenvalue weighted by atomic mass is 9.76. The van der Waals surface area contributed by atoms with Crippen LogP contribution in [0.1, 0.15) is 179 Å². The SMILES string of the molecule is C#CCO[C@H]1CCN(C(=O)[C@@H](CC(=O)[C@H](C)N(C)C(=O)OC(C)(C)C)C(C)(C)C)[C@@H]1C(=O)N[C@@H](Cc1ccc2ccccc2c1)C(=O)NCC[C@@H](C(=O)OC(C)(C)C)n1cc(CO[C@H]2CCN(C(=O)[C@@H](CC(=O)[C@H](C)N(C)C(=O)CC(C)(C)C)C(C)(C)C)[C@@H]2C(=O)N[C@@H](Cc2ccc3ccccc3c2)C(=O)OC)nn1. The Balaban J connectivity index is 1.15. The number of terminal acetylenes is 1.